The molecule has 0 bridgehead atoms. The van der Waals surface area contributed by atoms with Crippen LogP contribution in [0.25, 0.3) is 0 Å². The Kier molecular flexibility index (Phi) is 14.4. The lowest BCUT2D eigenvalue weighted by molar-refractivity contribution is -0.319. The van der Waals surface area contributed by atoms with Crippen molar-refractivity contribution in [2.24, 2.45) is 28.7 Å². The lowest BCUT2D eigenvalue weighted by Gasteiger charge is -2.49. The first kappa shape index (κ1) is 38.0. The van der Waals surface area contributed by atoms with E-state index in [1.165, 1.54) is 0 Å². The molecule has 3 fully saturated rings. The fourth-order valence-corrected chi connectivity index (χ4v) is 5.45. The number of nitrogens with two attached hydrogens (primary N) is 5. The maximum atomic E-state index is 12.6. The van der Waals surface area contributed by atoms with Crippen molar-refractivity contribution < 1.29 is 64.7 Å². The van der Waals surface area contributed by atoms with Gasteiger partial charge in [0.15, 0.2) is 12.6 Å². The minimum absolute atomic E-state index is 0.0207. The predicted molar refractivity (Wildman–Crippen MR) is 151 cm³/mol. The molecular weight excluding hydrogens is 608 g/mol. The average Bonchev–Trinajstić information content (AvgIpc) is 3.01. The highest BCUT2D eigenvalue weighted by Gasteiger charge is 2.52. The van der Waals surface area contributed by atoms with Crippen LogP contribution in [0.4, 0.5) is 4.79 Å². The minimum atomic E-state index is -1.72. The van der Waals surface area contributed by atoms with Crippen molar-refractivity contribution in [2.45, 2.75) is 104 Å². The molecule has 0 aromatic rings. The maximum absolute atomic E-state index is 12.6. The standard InChI is InChI=1S/C24H50N8O13/c25-1-2-32(41)24(40)31-10-3-9(27)20(19(39)21(10)45-23-18(38)13(28)15(35)12(7-34)43-23)44-22-14(29)17(37)16(36)11(42-22)5-30-4-8(26)6-33/h8-23,30,33-39,41H,1-7,25-29H2,(H,31,40)/t8?,9-,10+,11+,12+,13-,14+,15+,16+,17+,18+,19-,20?,21-,22+,23+/m0/s1. The summed E-state index contributed by atoms with van der Waals surface area (Å²) in [6.07, 6.45) is -16.1. The number of aliphatic hydroxyl groups excluding tert-OH is 7. The minimum Gasteiger partial charge on any atom is -0.395 e. The van der Waals surface area contributed by atoms with Crippen LogP contribution in [0.15, 0.2) is 0 Å². The second-order valence-corrected chi connectivity index (χ2v) is 11.5. The number of amides is 2. The van der Waals surface area contributed by atoms with Crippen LogP contribution in [0.1, 0.15) is 6.42 Å². The lowest BCUT2D eigenvalue weighted by atomic mass is 9.83. The number of ether oxygens (including phenoxy) is 4. The molecule has 2 aliphatic heterocycles. The van der Waals surface area contributed by atoms with E-state index in [0.29, 0.717) is 5.06 Å². The van der Waals surface area contributed by atoms with Crippen molar-refractivity contribution in [1.29, 1.82) is 0 Å². The van der Waals surface area contributed by atoms with Crippen molar-refractivity contribution in [1.82, 2.24) is 15.7 Å². The number of carbonyl (C=O) groups excluding carboxylic acids is 1. The van der Waals surface area contributed by atoms with Gasteiger partial charge in [0.2, 0.25) is 0 Å². The predicted octanol–water partition coefficient (Wildman–Crippen LogP) is -8.97. The number of hydrogen-bond donors (Lipinski definition) is 15. The first-order valence-electron chi connectivity index (χ1n) is 14.7. The van der Waals surface area contributed by atoms with Crippen LogP contribution in [0, 0.1) is 0 Å². The van der Waals surface area contributed by atoms with E-state index in [4.69, 9.17) is 52.7 Å². The van der Waals surface area contributed by atoms with Crippen molar-refractivity contribution in [3.63, 3.8) is 0 Å². The second kappa shape index (κ2) is 17.1. The van der Waals surface area contributed by atoms with Gasteiger partial charge in [-0.15, -0.1) is 0 Å². The molecule has 0 radical (unpaired) electrons. The van der Waals surface area contributed by atoms with Crippen LogP contribution < -0.4 is 39.3 Å². The number of aliphatic hydroxyl groups is 7. The Labute approximate surface area is 259 Å². The summed E-state index contributed by atoms with van der Waals surface area (Å²) in [5, 5.41) is 87.9. The SMILES string of the molecule is NCCN(O)C(=O)N[C@@H]1C[C@H](N)C(O[C@H]2O[C@H](CNCC(N)CO)[C@@H](O)[C@H](O)[C@H]2N)[C@H](O)[C@H]1O[C@H]1O[C@H](CO)[C@@H](O)[C@H](N)[C@H]1O. The highest BCUT2D eigenvalue weighted by molar-refractivity contribution is 5.73. The first-order chi connectivity index (χ1) is 21.2. The Morgan fingerprint density at radius 2 is 1.53 bits per heavy atom. The van der Waals surface area contributed by atoms with E-state index < -0.39 is 110 Å². The van der Waals surface area contributed by atoms with E-state index in [1.807, 2.05) is 0 Å². The summed E-state index contributed by atoms with van der Waals surface area (Å²) in [5.74, 6) is 0. The van der Waals surface area contributed by atoms with E-state index >= 15 is 0 Å². The topological polar surface area (TPSA) is 373 Å². The molecule has 1 aliphatic carbocycles. The molecule has 21 nitrogen and oxygen atoms in total. The van der Waals surface area contributed by atoms with Crippen molar-refractivity contribution in [3.05, 3.63) is 0 Å². The molecule has 45 heavy (non-hydrogen) atoms. The van der Waals surface area contributed by atoms with Gasteiger partial charge in [0, 0.05) is 31.7 Å². The van der Waals surface area contributed by atoms with Gasteiger partial charge < -0.3 is 94.0 Å². The molecule has 0 aromatic heterocycles. The smallest absolute Gasteiger partial charge is 0.341 e. The number of nitrogens with one attached hydrogen (secondary N) is 2. The highest BCUT2D eigenvalue weighted by atomic mass is 16.7. The van der Waals surface area contributed by atoms with Crippen LogP contribution in [0.5, 0.6) is 0 Å². The zero-order valence-electron chi connectivity index (χ0n) is 24.6. The highest BCUT2D eigenvalue weighted by Crippen LogP contribution is 2.31. The maximum Gasteiger partial charge on any atom is 0.341 e. The van der Waals surface area contributed by atoms with Gasteiger partial charge in [-0.1, -0.05) is 0 Å². The van der Waals surface area contributed by atoms with Crippen LogP contribution in [-0.2, 0) is 18.9 Å². The van der Waals surface area contributed by atoms with Gasteiger partial charge in [-0.25, -0.2) is 9.86 Å². The monoisotopic (exact) mass is 658 g/mol. The molecule has 20 N–H and O–H groups in total. The Balaban J connectivity index is 1.82. The molecular formula is C24H50N8O13. The Hall–Kier alpha value is -1.45. The van der Waals surface area contributed by atoms with E-state index in [-0.39, 0.29) is 39.2 Å². The molecule has 2 unspecified atom stereocenters. The van der Waals surface area contributed by atoms with Crippen molar-refractivity contribution >= 4 is 6.03 Å². The zero-order chi connectivity index (χ0) is 33.6. The molecule has 0 aromatic carbocycles. The van der Waals surface area contributed by atoms with Crippen molar-refractivity contribution in [3.8, 4) is 0 Å². The summed E-state index contributed by atoms with van der Waals surface area (Å²) in [6.45, 7) is -1.12. The van der Waals surface area contributed by atoms with Gasteiger partial charge in [0.05, 0.1) is 37.9 Å². The van der Waals surface area contributed by atoms with E-state index in [0.717, 1.165) is 0 Å². The van der Waals surface area contributed by atoms with Gasteiger partial charge in [-0.05, 0) is 6.42 Å². The summed E-state index contributed by atoms with van der Waals surface area (Å²) in [4.78, 5) is 12.6. The lowest BCUT2D eigenvalue weighted by Crippen LogP contribution is -2.70. The number of urea groups is 1. The fraction of sp³-hybridized carbons (Fsp3) is 0.958. The summed E-state index contributed by atoms with van der Waals surface area (Å²) in [7, 11) is 0. The fourth-order valence-electron chi connectivity index (χ4n) is 5.45. The van der Waals surface area contributed by atoms with Crippen molar-refractivity contribution in [2.75, 3.05) is 39.4 Å². The molecule has 2 amide bonds. The molecule has 1 saturated carbocycles. The van der Waals surface area contributed by atoms with Crippen LogP contribution in [-0.4, -0.2) is 189 Å². The van der Waals surface area contributed by atoms with Crippen LogP contribution in [0.2, 0.25) is 0 Å². The van der Waals surface area contributed by atoms with Gasteiger partial charge >= 0.3 is 6.03 Å². The third kappa shape index (κ3) is 9.13. The van der Waals surface area contributed by atoms with Crippen LogP contribution in [0.3, 0.4) is 0 Å². The molecule has 21 heteroatoms. The quantitative estimate of drug-likeness (QED) is 0.0645. The number of hydroxylamine groups is 2. The Morgan fingerprint density at radius 3 is 2.16 bits per heavy atom. The number of carbonyl (C=O) groups is 1. The number of nitrogens with zero attached hydrogens (tertiary/aromatic N) is 1. The van der Waals surface area contributed by atoms with Crippen LogP contribution >= 0.6 is 0 Å². The Morgan fingerprint density at radius 1 is 0.889 bits per heavy atom. The van der Waals surface area contributed by atoms with Gasteiger partial charge in [0.25, 0.3) is 0 Å². The summed E-state index contributed by atoms with van der Waals surface area (Å²) < 4.78 is 23.2. The third-order valence-corrected chi connectivity index (χ3v) is 8.16. The molecule has 3 rings (SSSR count). The Bertz CT molecular complexity index is 917. The third-order valence-electron chi connectivity index (χ3n) is 8.16. The van der Waals surface area contributed by atoms with Gasteiger partial charge in [-0.3, -0.25) is 5.21 Å². The summed E-state index contributed by atoms with van der Waals surface area (Å²) in [5.41, 5.74) is 29.4. The summed E-state index contributed by atoms with van der Waals surface area (Å²) in [6, 6.07) is -6.40. The molecule has 264 valence electrons. The van der Waals surface area contributed by atoms with E-state index in [2.05, 4.69) is 10.6 Å². The van der Waals surface area contributed by atoms with E-state index in [9.17, 15) is 40.6 Å². The van der Waals surface area contributed by atoms with E-state index in [1.54, 1.807) is 0 Å². The number of hydrogen-bond acceptors (Lipinski definition) is 19. The molecule has 16 atom stereocenters. The molecule has 2 saturated heterocycles. The first-order valence-corrected chi connectivity index (χ1v) is 14.7. The number of rotatable bonds is 13. The normalized spacial score (nSPS) is 43.1. The average molecular weight is 659 g/mol. The van der Waals surface area contributed by atoms with Gasteiger partial charge in [-0.2, -0.15) is 0 Å². The molecule has 2 heterocycles. The zero-order valence-corrected chi connectivity index (χ0v) is 24.6. The molecule has 0 spiro atoms. The molecule has 3 aliphatic rings. The largest absolute Gasteiger partial charge is 0.395 e. The summed E-state index contributed by atoms with van der Waals surface area (Å²) >= 11 is 0. The van der Waals surface area contributed by atoms with Gasteiger partial charge in [0.1, 0.15) is 54.9 Å². The second-order valence-electron chi connectivity index (χ2n) is 11.5.